The number of nitrogens with one attached hydrogen (secondary N) is 1. The first-order valence-electron chi connectivity index (χ1n) is 5.47. The van der Waals surface area contributed by atoms with E-state index in [0.717, 1.165) is 18.7 Å². The zero-order valence-corrected chi connectivity index (χ0v) is 9.68. The number of aliphatic carboxylic acids is 1. The van der Waals surface area contributed by atoms with Gasteiger partial charge in [-0.25, -0.2) is 0 Å². The van der Waals surface area contributed by atoms with Crippen molar-refractivity contribution < 1.29 is 9.90 Å². The van der Waals surface area contributed by atoms with E-state index in [2.05, 4.69) is 10.3 Å². The summed E-state index contributed by atoms with van der Waals surface area (Å²) in [5.41, 5.74) is 1.02. The van der Waals surface area contributed by atoms with Gasteiger partial charge < -0.3 is 10.4 Å². The number of nitrogens with zero attached hydrogens (tertiary/aromatic N) is 1. The Morgan fingerprint density at radius 3 is 2.81 bits per heavy atom. The molecule has 0 aromatic carbocycles. The highest BCUT2D eigenvalue weighted by molar-refractivity contribution is 5.70. The molecule has 0 aliphatic rings. The van der Waals surface area contributed by atoms with Gasteiger partial charge in [0.1, 0.15) is 0 Å². The van der Waals surface area contributed by atoms with Crippen molar-refractivity contribution >= 4 is 5.97 Å². The summed E-state index contributed by atoms with van der Waals surface area (Å²) in [7, 11) is 0. The third-order valence-corrected chi connectivity index (χ3v) is 2.71. The van der Waals surface area contributed by atoms with Crippen molar-refractivity contribution in [1.29, 1.82) is 0 Å². The van der Waals surface area contributed by atoms with Gasteiger partial charge in [0.25, 0.3) is 0 Å². The van der Waals surface area contributed by atoms with Crippen LogP contribution in [-0.4, -0.2) is 28.6 Å². The number of carbonyl (C=O) groups is 1. The Hall–Kier alpha value is -1.42. The molecule has 1 aromatic rings. The molecule has 0 fully saturated rings. The molecule has 0 radical (unpaired) electrons. The van der Waals surface area contributed by atoms with Crippen LogP contribution in [0.2, 0.25) is 0 Å². The van der Waals surface area contributed by atoms with E-state index >= 15 is 0 Å². The van der Waals surface area contributed by atoms with Crippen LogP contribution >= 0.6 is 0 Å². The topological polar surface area (TPSA) is 62.2 Å². The van der Waals surface area contributed by atoms with Crippen molar-refractivity contribution in [2.24, 2.45) is 5.92 Å². The number of carboxylic acids is 1. The number of aromatic nitrogens is 1. The van der Waals surface area contributed by atoms with Gasteiger partial charge in [-0.1, -0.05) is 13.0 Å². The monoisotopic (exact) mass is 222 g/mol. The molecule has 0 saturated heterocycles. The molecule has 4 heteroatoms. The van der Waals surface area contributed by atoms with Gasteiger partial charge in [0.15, 0.2) is 0 Å². The van der Waals surface area contributed by atoms with E-state index in [1.54, 1.807) is 13.1 Å². The largest absolute Gasteiger partial charge is 0.481 e. The zero-order chi connectivity index (χ0) is 12.0. The Labute approximate surface area is 95.7 Å². The molecular formula is C12H18N2O2. The number of carboxylic acid groups (broad SMARTS) is 1. The minimum atomic E-state index is -0.766. The van der Waals surface area contributed by atoms with Gasteiger partial charge in [0.2, 0.25) is 0 Å². The molecular weight excluding hydrogens is 204 g/mol. The van der Waals surface area contributed by atoms with E-state index in [1.807, 2.05) is 25.1 Å². The van der Waals surface area contributed by atoms with Gasteiger partial charge in [0, 0.05) is 30.9 Å². The lowest BCUT2D eigenvalue weighted by molar-refractivity contribution is -0.141. The maximum atomic E-state index is 10.7. The van der Waals surface area contributed by atoms with Crippen LogP contribution in [0.5, 0.6) is 0 Å². The first-order chi connectivity index (χ1) is 7.61. The fourth-order valence-electron chi connectivity index (χ4n) is 1.36. The molecule has 0 aliphatic heterocycles. The fourth-order valence-corrected chi connectivity index (χ4v) is 1.36. The minimum absolute atomic E-state index is 0.0267. The molecule has 0 spiro atoms. The summed E-state index contributed by atoms with van der Waals surface area (Å²) in [5.74, 6) is -1.14. The highest BCUT2D eigenvalue weighted by atomic mass is 16.4. The van der Waals surface area contributed by atoms with Gasteiger partial charge in [-0.15, -0.1) is 0 Å². The third kappa shape index (κ3) is 3.98. The zero-order valence-electron chi connectivity index (χ0n) is 9.68. The van der Waals surface area contributed by atoms with Gasteiger partial charge in [-0.2, -0.15) is 0 Å². The smallest absolute Gasteiger partial charge is 0.307 e. The minimum Gasteiger partial charge on any atom is -0.481 e. The highest BCUT2D eigenvalue weighted by Gasteiger charge is 2.18. The van der Waals surface area contributed by atoms with Crippen LogP contribution in [0.4, 0.5) is 0 Å². The van der Waals surface area contributed by atoms with Crippen molar-refractivity contribution in [3.8, 4) is 0 Å². The van der Waals surface area contributed by atoms with E-state index in [0.29, 0.717) is 0 Å². The van der Waals surface area contributed by atoms with E-state index in [9.17, 15) is 4.79 Å². The predicted octanol–water partition coefficient (Wildman–Crippen LogP) is 1.32. The second-order valence-corrected chi connectivity index (χ2v) is 3.94. The summed E-state index contributed by atoms with van der Waals surface area (Å²) < 4.78 is 0. The van der Waals surface area contributed by atoms with Crippen molar-refractivity contribution in [1.82, 2.24) is 10.3 Å². The highest BCUT2D eigenvalue weighted by Crippen LogP contribution is 2.02. The molecule has 2 N–H and O–H groups in total. The van der Waals surface area contributed by atoms with E-state index in [1.165, 1.54) is 0 Å². The number of hydrogen-bond acceptors (Lipinski definition) is 3. The maximum absolute atomic E-state index is 10.7. The molecule has 4 nitrogen and oxygen atoms in total. The summed E-state index contributed by atoms with van der Waals surface area (Å²) in [4.78, 5) is 14.9. The van der Waals surface area contributed by atoms with Crippen molar-refractivity contribution in [2.45, 2.75) is 26.3 Å². The summed E-state index contributed by atoms with van der Waals surface area (Å²) in [6.07, 6.45) is 2.58. The third-order valence-electron chi connectivity index (χ3n) is 2.71. The fraction of sp³-hybridized carbons (Fsp3) is 0.500. The van der Waals surface area contributed by atoms with Gasteiger partial charge in [0.05, 0.1) is 5.92 Å². The average Bonchev–Trinajstić information content (AvgIpc) is 2.29. The average molecular weight is 222 g/mol. The number of pyridine rings is 1. The van der Waals surface area contributed by atoms with Crippen LogP contribution in [0.15, 0.2) is 24.4 Å². The number of rotatable bonds is 6. The van der Waals surface area contributed by atoms with Gasteiger partial charge in [-0.05, 0) is 19.1 Å². The molecule has 1 aromatic heterocycles. The SMILES string of the molecule is CC(NCCc1ccccn1)C(C)C(=O)O. The Kier molecular flexibility index (Phi) is 4.92. The quantitative estimate of drug-likeness (QED) is 0.762. The van der Waals surface area contributed by atoms with Crippen LogP contribution in [0.1, 0.15) is 19.5 Å². The summed E-state index contributed by atoms with van der Waals surface area (Å²) in [5, 5.41) is 12.0. The van der Waals surface area contributed by atoms with Crippen LogP contribution < -0.4 is 5.32 Å². The molecule has 0 amide bonds. The predicted molar refractivity (Wildman–Crippen MR) is 62.2 cm³/mol. The molecule has 2 unspecified atom stereocenters. The normalized spacial score (nSPS) is 14.4. The maximum Gasteiger partial charge on any atom is 0.307 e. The van der Waals surface area contributed by atoms with Crippen LogP contribution in [0.3, 0.4) is 0 Å². The van der Waals surface area contributed by atoms with E-state index in [4.69, 9.17) is 5.11 Å². The second kappa shape index (κ2) is 6.23. The van der Waals surface area contributed by atoms with E-state index < -0.39 is 5.97 Å². The molecule has 0 bridgehead atoms. The Morgan fingerprint density at radius 1 is 1.50 bits per heavy atom. The molecule has 1 rings (SSSR count). The van der Waals surface area contributed by atoms with Gasteiger partial charge >= 0.3 is 5.97 Å². The molecule has 0 saturated carbocycles. The molecule has 0 aliphatic carbocycles. The summed E-state index contributed by atoms with van der Waals surface area (Å²) in [6.45, 7) is 4.34. The van der Waals surface area contributed by atoms with Crippen molar-refractivity contribution in [2.75, 3.05) is 6.54 Å². The lowest BCUT2D eigenvalue weighted by Gasteiger charge is -2.17. The Balaban J connectivity index is 2.28. The standard InChI is InChI=1S/C12H18N2O2/c1-9(12(15)16)10(2)13-8-6-11-5-3-4-7-14-11/h3-5,7,9-10,13H,6,8H2,1-2H3,(H,15,16). The van der Waals surface area contributed by atoms with Gasteiger partial charge in [-0.3, -0.25) is 9.78 Å². The molecule has 88 valence electrons. The summed E-state index contributed by atoms with van der Waals surface area (Å²) >= 11 is 0. The van der Waals surface area contributed by atoms with E-state index in [-0.39, 0.29) is 12.0 Å². The van der Waals surface area contributed by atoms with Crippen LogP contribution in [0.25, 0.3) is 0 Å². The molecule has 2 atom stereocenters. The number of hydrogen-bond donors (Lipinski definition) is 2. The molecule has 1 heterocycles. The first-order valence-corrected chi connectivity index (χ1v) is 5.47. The van der Waals surface area contributed by atoms with Crippen LogP contribution in [-0.2, 0) is 11.2 Å². The Bertz CT molecular complexity index is 327. The summed E-state index contributed by atoms with van der Waals surface area (Å²) in [6, 6.07) is 5.77. The lowest BCUT2D eigenvalue weighted by Crippen LogP contribution is -2.37. The van der Waals surface area contributed by atoms with Crippen molar-refractivity contribution in [3.05, 3.63) is 30.1 Å². The van der Waals surface area contributed by atoms with Crippen molar-refractivity contribution in [3.63, 3.8) is 0 Å². The first kappa shape index (κ1) is 12.6. The second-order valence-electron chi connectivity index (χ2n) is 3.94. The molecule has 16 heavy (non-hydrogen) atoms. The Morgan fingerprint density at radius 2 is 2.25 bits per heavy atom. The van der Waals surface area contributed by atoms with Crippen LogP contribution in [0, 0.1) is 5.92 Å². The lowest BCUT2D eigenvalue weighted by atomic mass is 10.0.